The van der Waals surface area contributed by atoms with Gasteiger partial charge in [0.15, 0.2) is 5.52 Å². The van der Waals surface area contributed by atoms with Crippen molar-refractivity contribution in [3.63, 3.8) is 0 Å². The summed E-state index contributed by atoms with van der Waals surface area (Å²) in [5.74, 6) is 0. The zero-order valence-electron chi connectivity index (χ0n) is 7.92. The Balaban J connectivity index is 2.49. The fourth-order valence-electron chi connectivity index (χ4n) is 1.41. The van der Waals surface area contributed by atoms with Gasteiger partial charge in [0.05, 0.1) is 5.21 Å². The monoisotopic (exact) mass is 191 g/mol. The van der Waals surface area contributed by atoms with Crippen molar-refractivity contribution in [2.75, 3.05) is 0 Å². The lowest BCUT2D eigenvalue weighted by molar-refractivity contribution is -0.709. The molecule has 0 amide bonds. The van der Waals surface area contributed by atoms with Crippen molar-refractivity contribution in [3.05, 3.63) is 24.3 Å². The minimum Gasteiger partial charge on any atom is -0.348 e. The van der Waals surface area contributed by atoms with Gasteiger partial charge in [-0.2, -0.15) is 0 Å². The van der Waals surface area contributed by atoms with E-state index < -0.39 is 0 Å². The molecule has 72 valence electrons. The second-order valence-corrected chi connectivity index (χ2v) is 2.89. The molecule has 2 aromatic rings. The molecule has 5 heteroatoms. The Morgan fingerprint density at radius 3 is 3.14 bits per heavy atom. The van der Waals surface area contributed by atoms with Gasteiger partial charge in [-0.05, 0) is 12.1 Å². The molecule has 0 aliphatic carbocycles. The zero-order valence-corrected chi connectivity index (χ0v) is 7.92. The van der Waals surface area contributed by atoms with Crippen molar-refractivity contribution >= 4 is 17.8 Å². The first-order valence-electron chi connectivity index (χ1n) is 4.23. The number of benzene rings is 1. The number of nitrogens with zero attached hydrogens (tertiary/aromatic N) is 4. The predicted molar refractivity (Wildman–Crippen MR) is 51.5 cm³/mol. The van der Waals surface area contributed by atoms with Crippen molar-refractivity contribution in [2.45, 2.75) is 6.73 Å². The van der Waals surface area contributed by atoms with Crippen molar-refractivity contribution in [3.8, 4) is 0 Å². The molecule has 0 radical (unpaired) electrons. The number of oxime groups is 1. The average Bonchev–Trinajstić information content (AvgIpc) is 2.54. The minimum absolute atomic E-state index is 0.283. The van der Waals surface area contributed by atoms with E-state index in [2.05, 4.69) is 17.1 Å². The number of aromatic nitrogens is 3. The van der Waals surface area contributed by atoms with Crippen LogP contribution in [0, 0.1) is 0 Å². The number of para-hydroxylation sites is 2. The Kier molecular flexibility index (Phi) is 2.14. The maximum Gasteiger partial charge on any atom is 0.278 e. The third-order valence-corrected chi connectivity index (χ3v) is 2.02. The molecule has 0 saturated heterocycles. The number of fused-ring (bicyclic) bond motifs is 1. The van der Waals surface area contributed by atoms with E-state index in [9.17, 15) is 0 Å². The summed E-state index contributed by atoms with van der Waals surface area (Å²) >= 11 is 0. The lowest BCUT2D eigenvalue weighted by Gasteiger charge is -1.91. The largest absolute Gasteiger partial charge is 0.348 e. The molecule has 1 aromatic carbocycles. The first-order valence-corrected chi connectivity index (χ1v) is 4.23. The molecule has 0 atom stereocenters. The van der Waals surface area contributed by atoms with E-state index in [-0.39, 0.29) is 6.73 Å². The van der Waals surface area contributed by atoms with Gasteiger partial charge in [0.2, 0.25) is 5.52 Å². The second kappa shape index (κ2) is 3.45. The van der Waals surface area contributed by atoms with Crippen LogP contribution in [-0.4, -0.2) is 16.6 Å². The molecule has 0 aliphatic heterocycles. The smallest absolute Gasteiger partial charge is 0.278 e. The zero-order chi connectivity index (χ0) is 9.97. The van der Waals surface area contributed by atoms with Crippen LogP contribution in [-0.2, 0) is 18.6 Å². The highest BCUT2D eigenvalue weighted by Crippen LogP contribution is 2.07. The van der Waals surface area contributed by atoms with Crippen molar-refractivity contribution < 1.29 is 9.52 Å². The highest BCUT2D eigenvalue weighted by Gasteiger charge is 2.13. The Labute approximate surface area is 81.2 Å². The standard InChI is InChI=1S/C9H11N4O/c1-10-14-7-13-9-6-4-3-5-8(9)12(2)11-13/h3-6H,1,7H2,2H3/q+1. The molecule has 0 saturated carbocycles. The third kappa shape index (κ3) is 1.32. The SMILES string of the molecule is C=NOCn1n[n+](C)c2ccccc21. The Morgan fingerprint density at radius 1 is 1.57 bits per heavy atom. The first-order chi connectivity index (χ1) is 6.83. The summed E-state index contributed by atoms with van der Waals surface area (Å²) in [4.78, 5) is 4.84. The van der Waals surface area contributed by atoms with Gasteiger partial charge in [0.25, 0.3) is 6.73 Å². The summed E-state index contributed by atoms with van der Waals surface area (Å²) in [5, 5.41) is 7.57. The summed E-state index contributed by atoms with van der Waals surface area (Å²) in [7, 11) is 1.89. The summed E-state index contributed by atoms with van der Waals surface area (Å²) in [5.41, 5.74) is 2.07. The fourth-order valence-corrected chi connectivity index (χ4v) is 1.41. The molecule has 0 spiro atoms. The Bertz CT molecular complexity index is 463. The lowest BCUT2D eigenvalue weighted by Crippen LogP contribution is -2.31. The van der Waals surface area contributed by atoms with Crippen LogP contribution >= 0.6 is 0 Å². The van der Waals surface area contributed by atoms with Crippen LogP contribution in [0.5, 0.6) is 0 Å². The molecule has 0 unspecified atom stereocenters. The van der Waals surface area contributed by atoms with Crippen molar-refractivity contribution in [1.82, 2.24) is 9.90 Å². The van der Waals surface area contributed by atoms with Gasteiger partial charge in [-0.3, -0.25) is 0 Å². The predicted octanol–water partition coefficient (Wildman–Crippen LogP) is 0.450. The van der Waals surface area contributed by atoms with Gasteiger partial charge in [-0.15, -0.1) is 4.68 Å². The molecular formula is C9H11N4O+. The van der Waals surface area contributed by atoms with E-state index in [0.29, 0.717) is 0 Å². The van der Waals surface area contributed by atoms with E-state index in [0.717, 1.165) is 11.0 Å². The second-order valence-electron chi connectivity index (χ2n) is 2.89. The van der Waals surface area contributed by atoms with Crippen molar-refractivity contribution in [1.29, 1.82) is 0 Å². The molecule has 1 heterocycles. The Hall–Kier alpha value is -1.91. The number of hydrogen-bond acceptors (Lipinski definition) is 3. The van der Waals surface area contributed by atoms with Crippen LogP contribution in [0.25, 0.3) is 11.0 Å². The molecule has 14 heavy (non-hydrogen) atoms. The van der Waals surface area contributed by atoms with Gasteiger partial charge in [0.1, 0.15) is 7.05 Å². The molecule has 0 N–H and O–H groups in total. The van der Waals surface area contributed by atoms with E-state index in [1.54, 1.807) is 9.36 Å². The van der Waals surface area contributed by atoms with E-state index in [4.69, 9.17) is 4.84 Å². The topological polar surface area (TPSA) is 43.3 Å². The van der Waals surface area contributed by atoms with Crippen LogP contribution in [0.3, 0.4) is 0 Å². The normalized spacial score (nSPS) is 10.4. The fraction of sp³-hybridized carbons (Fsp3) is 0.222. The van der Waals surface area contributed by atoms with Gasteiger partial charge >= 0.3 is 0 Å². The summed E-state index contributed by atoms with van der Waals surface area (Å²) in [6.07, 6.45) is 0. The molecule has 5 nitrogen and oxygen atoms in total. The van der Waals surface area contributed by atoms with E-state index in [1.807, 2.05) is 31.3 Å². The van der Waals surface area contributed by atoms with Gasteiger partial charge in [-0.1, -0.05) is 22.0 Å². The Morgan fingerprint density at radius 2 is 2.36 bits per heavy atom. The highest BCUT2D eigenvalue weighted by atomic mass is 16.6. The van der Waals surface area contributed by atoms with Crippen molar-refractivity contribution in [2.24, 2.45) is 12.2 Å². The van der Waals surface area contributed by atoms with Gasteiger partial charge in [0, 0.05) is 6.72 Å². The van der Waals surface area contributed by atoms with E-state index >= 15 is 0 Å². The lowest BCUT2D eigenvalue weighted by atomic mass is 10.3. The minimum atomic E-state index is 0.283. The van der Waals surface area contributed by atoms with Crippen LogP contribution in [0.2, 0.25) is 0 Å². The average molecular weight is 191 g/mol. The molecular weight excluding hydrogens is 180 g/mol. The molecule has 2 rings (SSSR count). The maximum atomic E-state index is 4.84. The molecule has 0 aliphatic rings. The summed E-state index contributed by atoms with van der Waals surface area (Å²) < 4.78 is 3.52. The molecule has 1 aromatic heterocycles. The summed E-state index contributed by atoms with van der Waals surface area (Å²) in [6.45, 7) is 3.53. The van der Waals surface area contributed by atoms with Crippen LogP contribution in [0.1, 0.15) is 0 Å². The molecule has 0 bridgehead atoms. The third-order valence-electron chi connectivity index (χ3n) is 2.02. The maximum absolute atomic E-state index is 4.84. The van der Waals surface area contributed by atoms with Gasteiger partial charge < -0.3 is 4.84 Å². The van der Waals surface area contributed by atoms with Crippen LogP contribution < -0.4 is 4.68 Å². The number of rotatable bonds is 3. The van der Waals surface area contributed by atoms with Gasteiger partial charge in [-0.25, -0.2) is 0 Å². The quantitative estimate of drug-likeness (QED) is 0.401. The summed E-state index contributed by atoms with van der Waals surface area (Å²) in [6, 6.07) is 7.91. The molecule has 0 fully saturated rings. The highest BCUT2D eigenvalue weighted by molar-refractivity contribution is 5.70. The van der Waals surface area contributed by atoms with Crippen LogP contribution in [0.4, 0.5) is 0 Å². The number of hydrogen-bond donors (Lipinski definition) is 0. The first kappa shape index (κ1) is 8.68. The van der Waals surface area contributed by atoms with Crippen LogP contribution in [0.15, 0.2) is 29.4 Å². The number of aryl methyl sites for hydroxylation is 1. The van der Waals surface area contributed by atoms with E-state index in [1.165, 1.54) is 0 Å².